The SMILES string of the molecule is CC/C=C\C/C=C\C/C=C\CCCCCCCCOCC(COP(=O)([O-])OCC[N+](C)(C)C)OC(=O)CCCCCCCCCCCCCCCCCC. The summed E-state index contributed by atoms with van der Waals surface area (Å²) in [4.78, 5) is 25.1. The molecule has 0 spiro atoms. The van der Waals surface area contributed by atoms with Crippen molar-refractivity contribution in [2.45, 2.75) is 193 Å². The lowest BCUT2D eigenvalue weighted by Crippen LogP contribution is -2.37. The van der Waals surface area contributed by atoms with Gasteiger partial charge in [-0.3, -0.25) is 9.36 Å². The molecule has 0 N–H and O–H groups in total. The Hall–Kier alpha value is -1.28. The van der Waals surface area contributed by atoms with Crippen LogP contribution in [0.1, 0.15) is 187 Å². The average Bonchev–Trinajstić information content (AvgIpc) is 3.12. The number of carbonyl (C=O) groups is 1. The molecule has 0 saturated carbocycles. The van der Waals surface area contributed by atoms with Crippen molar-refractivity contribution in [1.29, 1.82) is 0 Å². The van der Waals surface area contributed by atoms with Crippen LogP contribution in [0, 0.1) is 0 Å². The minimum Gasteiger partial charge on any atom is -0.756 e. The topological polar surface area (TPSA) is 94.1 Å². The first kappa shape index (κ1) is 52.7. The molecule has 0 amide bonds. The van der Waals surface area contributed by atoms with Gasteiger partial charge in [0.05, 0.1) is 34.4 Å². The quantitative estimate of drug-likeness (QED) is 0.0200. The Balaban J connectivity index is 4.23. The van der Waals surface area contributed by atoms with Crippen molar-refractivity contribution in [3.63, 3.8) is 0 Å². The minimum absolute atomic E-state index is 0.0240. The first-order valence-corrected chi connectivity index (χ1v) is 23.7. The molecule has 2 unspecified atom stereocenters. The highest BCUT2D eigenvalue weighted by atomic mass is 31.2. The van der Waals surface area contributed by atoms with Crippen molar-refractivity contribution in [3.8, 4) is 0 Å². The molecule has 0 aromatic rings. The number of phosphoric ester groups is 1. The van der Waals surface area contributed by atoms with E-state index in [-0.39, 0.29) is 25.8 Å². The molecule has 8 nitrogen and oxygen atoms in total. The number of likely N-dealkylation sites (N-methyl/N-ethyl adjacent to an activating group) is 1. The maximum absolute atomic E-state index is 12.7. The molecule has 0 fully saturated rings. The fourth-order valence-corrected chi connectivity index (χ4v) is 6.76. The third-order valence-corrected chi connectivity index (χ3v) is 10.4. The number of rotatable bonds is 41. The van der Waals surface area contributed by atoms with Crippen LogP contribution in [0.2, 0.25) is 0 Å². The normalized spacial score (nSPS) is 14.1. The number of quaternary nitrogens is 1. The van der Waals surface area contributed by atoms with Crippen LogP contribution in [0.4, 0.5) is 0 Å². The molecule has 0 saturated heterocycles. The van der Waals surface area contributed by atoms with Crippen molar-refractivity contribution < 1.29 is 37.3 Å². The largest absolute Gasteiger partial charge is 0.756 e. The number of hydrogen-bond donors (Lipinski definition) is 0. The summed E-state index contributed by atoms with van der Waals surface area (Å²) in [7, 11) is 1.35. The number of carbonyl (C=O) groups excluding carboxylic acids is 1. The fourth-order valence-electron chi connectivity index (χ4n) is 6.03. The van der Waals surface area contributed by atoms with Gasteiger partial charge >= 0.3 is 5.97 Å². The summed E-state index contributed by atoms with van der Waals surface area (Å²) in [5.41, 5.74) is 0. The zero-order valence-electron chi connectivity index (χ0n) is 35.9. The van der Waals surface area contributed by atoms with Gasteiger partial charge in [0, 0.05) is 13.0 Å². The van der Waals surface area contributed by atoms with Crippen LogP contribution in [0.15, 0.2) is 36.5 Å². The zero-order chi connectivity index (χ0) is 39.9. The number of nitrogens with zero attached hydrogens (tertiary/aromatic N) is 1. The van der Waals surface area contributed by atoms with E-state index in [1.54, 1.807) is 0 Å². The second-order valence-electron chi connectivity index (χ2n) is 16.0. The van der Waals surface area contributed by atoms with Crippen LogP contribution in [0.3, 0.4) is 0 Å². The molecule has 0 aliphatic heterocycles. The van der Waals surface area contributed by atoms with E-state index < -0.39 is 13.9 Å². The highest BCUT2D eigenvalue weighted by Crippen LogP contribution is 2.38. The standard InChI is InChI=1S/C45H86NO7P/c1-6-8-10-12-14-16-18-20-22-24-26-28-30-32-34-36-38-45(47)53-44(43-52-54(48,49)51-41-39-46(3,4)5)42-50-40-37-35-33-31-29-27-25-23-21-19-17-15-13-11-9-7-2/h9,11,15,17,21,23,44H,6-8,10,12-14,16,18-20,22,24-43H2,1-5H3/b11-9-,17-15-,23-21-. The monoisotopic (exact) mass is 784 g/mol. The van der Waals surface area contributed by atoms with E-state index in [1.807, 2.05) is 21.1 Å². The summed E-state index contributed by atoms with van der Waals surface area (Å²) in [6.07, 6.45) is 44.4. The van der Waals surface area contributed by atoms with Gasteiger partial charge in [-0.15, -0.1) is 0 Å². The summed E-state index contributed by atoms with van der Waals surface area (Å²) < 4.78 is 34.6. The van der Waals surface area contributed by atoms with E-state index >= 15 is 0 Å². The number of phosphoric acid groups is 1. The molecule has 0 radical (unpaired) electrons. The molecule has 0 bridgehead atoms. The smallest absolute Gasteiger partial charge is 0.306 e. The van der Waals surface area contributed by atoms with Gasteiger partial charge < -0.3 is 27.9 Å². The van der Waals surface area contributed by atoms with E-state index in [4.69, 9.17) is 18.5 Å². The van der Waals surface area contributed by atoms with E-state index in [2.05, 4.69) is 50.3 Å². The molecule has 0 rings (SSSR count). The van der Waals surface area contributed by atoms with Crippen molar-refractivity contribution in [2.75, 3.05) is 54.1 Å². The Bertz CT molecular complexity index is 962. The van der Waals surface area contributed by atoms with Crippen LogP contribution >= 0.6 is 7.82 Å². The molecule has 0 aromatic heterocycles. The Kier molecular flexibility index (Phi) is 37.7. The van der Waals surface area contributed by atoms with Crippen LogP contribution in [0.5, 0.6) is 0 Å². The third kappa shape index (κ3) is 41.9. The Labute approximate surface area is 334 Å². The molecule has 0 aromatic carbocycles. The lowest BCUT2D eigenvalue weighted by Gasteiger charge is -2.28. The van der Waals surface area contributed by atoms with E-state index in [1.165, 1.54) is 103 Å². The molecule has 9 heteroatoms. The first-order valence-electron chi connectivity index (χ1n) is 22.2. The van der Waals surface area contributed by atoms with Gasteiger partial charge in [-0.05, 0) is 44.9 Å². The van der Waals surface area contributed by atoms with E-state index in [0.29, 0.717) is 24.1 Å². The molecular formula is C45H86NO7P. The van der Waals surface area contributed by atoms with Gasteiger partial charge in [0.1, 0.15) is 19.3 Å². The molecule has 0 heterocycles. The first-order chi connectivity index (χ1) is 26.1. The van der Waals surface area contributed by atoms with Crippen molar-refractivity contribution in [3.05, 3.63) is 36.5 Å². The lowest BCUT2D eigenvalue weighted by molar-refractivity contribution is -0.870. The predicted octanol–water partition coefficient (Wildman–Crippen LogP) is 12.4. The fraction of sp³-hybridized carbons (Fsp3) is 0.844. The van der Waals surface area contributed by atoms with Crippen molar-refractivity contribution in [2.24, 2.45) is 0 Å². The number of ether oxygens (including phenoxy) is 2. The van der Waals surface area contributed by atoms with Crippen LogP contribution < -0.4 is 4.89 Å². The van der Waals surface area contributed by atoms with Gasteiger partial charge in [-0.25, -0.2) is 0 Å². The maximum Gasteiger partial charge on any atom is 0.306 e. The summed E-state index contributed by atoms with van der Waals surface area (Å²) in [5.74, 6) is -0.338. The highest BCUT2D eigenvalue weighted by Gasteiger charge is 2.20. The number of esters is 1. The molecule has 318 valence electrons. The summed E-state index contributed by atoms with van der Waals surface area (Å²) in [6, 6.07) is 0. The Morgan fingerprint density at radius 1 is 0.593 bits per heavy atom. The molecule has 54 heavy (non-hydrogen) atoms. The maximum atomic E-state index is 12.7. The van der Waals surface area contributed by atoms with Gasteiger partial charge in [-0.1, -0.05) is 172 Å². The van der Waals surface area contributed by atoms with Gasteiger partial charge in [0.2, 0.25) is 0 Å². The van der Waals surface area contributed by atoms with Crippen molar-refractivity contribution in [1.82, 2.24) is 0 Å². The number of allylic oxidation sites excluding steroid dienone is 6. The van der Waals surface area contributed by atoms with Crippen LogP contribution in [-0.2, 0) is 27.9 Å². The molecular weight excluding hydrogens is 697 g/mol. The van der Waals surface area contributed by atoms with E-state index in [0.717, 1.165) is 64.2 Å². The average molecular weight is 784 g/mol. The van der Waals surface area contributed by atoms with Gasteiger partial charge in [0.25, 0.3) is 7.82 Å². The second kappa shape index (κ2) is 38.6. The molecule has 0 aliphatic rings. The van der Waals surface area contributed by atoms with Gasteiger partial charge in [-0.2, -0.15) is 0 Å². The van der Waals surface area contributed by atoms with E-state index in [9.17, 15) is 14.3 Å². The van der Waals surface area contributed by atoms with Gasteiger partial charge in [0.15, 0.2) is 0 Å². The second-order valence-corrected chi connectivity index (χ2v) is 17.4. The lowest BCUT2D eigenvalue weighted by atomic mass is 10.0. The molecule has 0 aliphatic carbocycles. The zero-order valence-corrected chi connectivity index (χ0v) is 36.8. The number of hydrogen-bond acceptors (Lipinski definition) is 7. The Morgan fingerprint density at radius 2 is 1.07 bits per heavy atom. The minimum atomic E-state index is -4.53. The summed E-state index contributed by atoms with van der Waals surface area (Å²) >= 11 is 0. The Morgan fingerprint density at radius 3 is 1.61 bits per heavy atom. The predicted molar refractivity (Wildman–Crippen MR) is 227 cm³/mol. The summed E-state index contributed by atoms with van der Waals surface area (Å²) in [5, 5.41) is 0. The third-order valence-electron chi connectivity index (χ3n) is 9.46. The van der Waals surface area contributed by atoms with Crippen LogP contribution in [-0.4, -0.2) is 70.7 Å². The number of unbranched alkanes of at least 4 members (excludes halogenated alkanes) is 21. The van der Waals surface area contributed by atoms with Crippen LogP contribution in [0.25, 0.3) is 0 Å². The van der Waals surface area contributed by atoms with Crippen molar-refractivity contribution >= 4 is 13.8 Å². The highest BCUT2D eigenvalue weighted by molar-refractivity contribution is 7.45. The molecule has 2 atom stereocenters. The summed E-state index contributed by atoms with van der Waals surface area (Å²) in [6.45, 7) is 5.29.